The first-order chi connectivity index (χ1) is 9.34. The highest BCUT2D eigenvalue weighted by atomic mass is 16.2. The van der Waals surface area contributed by atoms with Crippen molar-refractivity contribution in [1.82, 2.24) is 4.90 Å². The van der Waals surface area contributed by atoms with Crippen molar-refractivity contribution in [3.63, 3.8) is 0 Å². The van der Waals surface area contributed by atoms with Crippen LogP contribution in [0.25, 0.3) is 0 Å². The summed E-state index contributed by atoms with van der Waals surface area (Å²) >= 11 is 0. The molecule has 0 spiro atoms. The van der Waals surface area contributed by atoms with E-state index in [1.54, 1.807) is 0 Å². The van der Waals surface area contributed by atoms with E-state index in [0.29, 0.717) is 6.42 Å². The molecule has 2 N–H and O–H groups in total. The van der Waals surface area contributed by atoms with Crippen molar-refractivity contribution in [2.24, 2.45) is 5.73 Å². The van der Waals surface area contributed by atoms with Gasteiger partial charge in [-0.05, 0) is 23.0 Å². The zero-order chi connectivity index (χ0) is 14.9. The minimum atomic E-state index is -0.0884. The Morgan fingerprint density at radius 3 is 2.35 bits per heavy atom. The van der Waals surface area contributed by atoms with Crippen LogP contribution in [0.5, 0.6) is 0 Å². The van der Waals surface area contributed by atoms with E-state index in [4.69, 9.17) is 5.73 Å². The molecule has 110 valence electrons. The van der Waals surface area contributed by atoms with Crippen molar-refractivity contribution < 1.29 is 4.79 Å². The zero-order valence-electron chi connectivity index (χ0n) is 13.0. The minimum absolute atomic E-state index is 0.0384. The standard InChI is InChI=1S/C17H26N2O/c1-5-10-19-15(20)11-14(18)16(19)12-6-8-13(9-7-12)17(2,3)4/h6-9,14,16H,5,10-11,18H2,1-4H3. The number of rotatable bonds is 3. The molecule has 1 amide bonds. The molecule has 1 aliphatic heterocycles. The number of carbonyl (C=O) groups is 1. The number of carbonyl (C=O) groups excluding carboxylic acids is 1. The van der Waals surface area contributed by atoms with Gasteiger partial charge in [0.2, 0.25) is 5.91 Å². The van der Waals surface area contributed by atoms with Gasteiger partial charge in [-0.3, -0.25) is 4.79 Å². The number of benzene rings is 1. The lowest BCUT2D eigenvalue weighted by Crippen LogP contribution is -2.33. The van der Waals surface area contributed by atoms with E-state index in [1.807, 2.05) is 4.90 Å². The van der Waals surface area contributed by atoms with Gasteiger partial charge < -0.3 is 10.6 Å². The summed E-state index contributed by atoms with van der Waals surface area (Å²) in [5.41, 5.74) is 8.80. The molecule has 1 aliphatic rings. The smallest absolute Gasteiger partial charge is 0.224 e. The van der Waals surface area contributed by atoms with Crippen LogP contribution >= 0.6 is 0 Å². The van der Waals surface area contributed by atoms with Gasteiger partial charge in [0.1, 0.15) is 0 Å². The molecule has 0 aliphatic carbocycles. The van der Waals surface area contributed by atoms with Crippen LogP contribution in [0.2, 0.25) is 0 Å². The van der Waals surface area contributed by atoms with Gasteiger partial charge in [0.15, 0.2) is 0 Å². The molecule has 0 radical (unpaired) electrons. The fourth-order valence-corrected chi connectivity index (χ4v) is 2.93. The number of hydrogen-bond acceptors (Lipinski definition) is 2. The summed E-state index contributed by atoms with van der Waals surface area (Å²) < 4.78 is 0. The third-order valence-electron chi connectivity index (χ3n) is 4.05. The molecule has 1 heterocycles. The van der Waals surface area contributed by atoms with E-state index in [2.05, 4.69) is 52.0 Å². The van der Waals surface area contributed by atoms with Crippen LogP contribution in [0, 0.1) is 0 Å². The summed E-state index contributed by atoms with van der Waals surface area (Å²) in [4.78, 5) is 14.0. The van der Waals surface area contributed by atoms with Crippen LogP contribution in [0.15, 0.2) is 24.3 Å². The van der Waals surface area contributed by atoms with Gasteiger partial charge in [-0.15, -0.1) is 0 Å². The molecule has 0 saturated carbocycles. The van der Waals surface area contributed by atoms with Crippen molar-refractivity contribution in [1.29, 1.82) is 0 Å². The highest BCUT2D eigenvalue weighted by molar-refractivity contribution is 5.80. The van der Waals surface area contributed by atoms with E-state index >= 15 is 0 Å². The van der Waals surface area contributed by atoms with Crippen LogP contribution in [0.3, 0.4) is 0 Å². The third-order valence-corrected chi connectivity index (χ3v) is 4.05. The number of likely N-dealkylation sites (tertiary alicyclic amines) is 1. The summed E-state index contributed by atoms with van der Waals surface area (Å²) in [6.45, 7) is 9.50. The lowest BCUT2D eigenvalue weighted by molar-refractivity contribution is -0.129. The molecule has 1 aromatic rings. The number of nitrogens with zero attached hydrogens (tertiary/aromatic N) is 1. The van der Waals surface area contributed by atoms with Gasteiger partial charge in [0.25, 0.3) is 0 Å². The van der Waals surface area contributed by atoms with Crippen molar-refractivity contribution in [2.75, 3.05) is 6.54 Å². The molecule has 0 aromatic heterocycles. The molecule has 1 saturated heterocycles. The molecular formula is C17H26N2O. The van der Waals surface area contributed by atoms with Crippen molar-refractivity contribution in [2.45, 2.75) is 58.0 Å². The van der Waals surface area contributed by atoms with Gasteiger partial charge in [-0.25, -0.2) is 0 Å². The predicted molar refractivity (Wildman–Crippen MR) is 82.5 cm³/mol. The molecule has 3 heteroatoms. The molecule has 20 heavy (non-hydrogen) atoms. The molecule has 2 unspecified atom stereocenters. The summed E-state index contributed by atoms with van der Waals surface area (Å²) in [5.74, 6) is 0.184. The minimum Gasteiger partial charge on any atom is -0.334 e. The quantitative estimate of drug-likeness (QED) is 0.921. The van der Waals surface area contributed by atoms with Crippen LogP contribution in [-0.4, -0.2) is 23.4 Å². The lowest BCUT2D eigenvalue weighted by atomic mass is 9.86. The maximum Gasteiger partial charge on any atom is 0.224 e. The van der Waals surface area contributed by atoms with E-state index in [0.717, 1.165) is 18.5 Å². The summed E-state index contributed by atoms with van der Waals surface area (Å²) in [5, 5.41) is 0. The lowest BCUT2D eigenvalue weighted by Gasteiger charge is -2.28. The maximum absolute atomic E-state index is 12.0. The largest absolute Gasteiger partial charge is 0.334 e. The molecule has 1 fully saturated rings. The molecule has 3 nitrogen and oxygen atoms in total. The second-order valence-electron chi connectivity index (χ2n) is 6.77. The van der Waals surface area contributed by atoms with Crippen molar-refractivity contribution in [3.8, 4) is 0 Å². The first-order valence-electron chi connectivity index (χ1n) is 7.50. The Balaban J connectivity index is 2.27. The normalized spacial score (nSPS) is 23.4. The second kappa shape index (κ2) is 5.57. The van der Waals surface area contributed by atoms with Crippen LogP contribution in [-0.2, 0) is 10.2 Å². The molecule has 2 atom stereocenters. The summed E-state index contributed by atoms with van der Waals surface area (Å²) in [7, 11) is 0. The molecule has 0 bridgehead atoms. The average molecular weight is 274 g/mol. The van der Waals surface area contributed by atoms with Crippen LogP contribution in [0.4, 0.5) is 0 Å². The van der Waals surface area contributed by atoms with Gasteiger partial charge in [0, 0.05) is 19.0 Å². The van der Waals surface area contributed by atoms with E-state index in [1.165, 1.54) is 5.56 Å². The number of nitrogens with two attached hydrogens (primary N) is 1. The van der Waals surface area contributed by atoms with Crippen LogP contribution < -0.4 is 5.73 Å². The Bertz CT molecular complexity index is 473. The Hall–Kier alpha value is -1.35. The maximum atomic E-state index is 12.0. The first kappa shape index (κ1) is 15.0. The Morgan fingerprint density at radius 2 is 1.85 bits per heavy atom. The Morgan fingerprint density at radius 1 is 1.25 bits per heavy atom. The first-order valence-corrected chi connectivity index (χ1v) is 7.50. The topological polar surface area (TPSA) is 46.3 Å². The van der Waals surface area contributed by atoms with Crippen molar-refractivity contribution >= 4 is 5.91 Å². The van der Waals surface area contributed by atoms with E-state index in [-0.39, 0.29) is 23.4 Å². The summed E-state index contributed by atoms with van der Waals surface area (Å²) in [6.07, 6.45) is 1.43. The van der Waals surface area contributed by atoms with Gasteiger partial charge in [-0.1, -0.05) is 52.0 Å². The SMILES string of the molecule is CCCN1C(=O)CC(N)C1c1ccc(C(C)(C)C)cc1. The fourth-order valence-electron chi connectivity index (χ4n) is 2.93. The number of hydrogen-bond donors (Lipinski definition) is 1. The highest BCUT2D eigenvalue weighted by Gasteiger charge is 2.37. The molecule has 1 aromatic carbocycles. The Kier molecular flexibility index (Phi) is 4.19. The Labute approximate surface area is 122 Å². The average Bonchev–Trinajstić information content (AvgIpc) is 2.64. The highest BCUT2D eigenvalue weighted by Crippen LogP contribution is 2.33. The molecule has 2 rings (SSSR count). The van der Waals surface area contributed by atoms with Crippen LogP contribution in [0.1, 0.15) is 57.7 Å². The third kappa shape index (κ3) is 2.88. The second-order valence-corrected chi connectivity index (χ2v) is 6.77. The number of amides is 1. The molecular weight excluding hydrogens is 248 g/mol. The van der Waals surface area contributed by atoms with Crippen molar-refractivity contribution in [3.05, 3.63) is 35.4 Å². The fraction of sp³-hybridized carbons (Fsp3) is 0.588. The predicted octanol–water partition coefficient (Wildman–Crippen LogP) is 2.99. The summed E-state index contributed by atoms with van der Waals surface area (Å²) in [6, 6.07) is 8.54. The van der Waals surface area contributed by atoms with E-state index < -0.39 is 0 Å². The van der Waals surface area contributed by atoms with Gasteiger partial charge in [0.05, 0.1) is 6.04 Å². The zero-order valence-corrected chi connectivity index (χ0v) is 13.0. The monoisotopic (exact) mass is 274 g/mol. The van der Waals surface area contributed by atoms with Gasteiger partial charge >= 0.3 is 0 Å². The van der Waals surface area contributed by atoms with E-state index in [9.17, 15) is 4.79 Å². The van der Waals surface area contributed by atoms with Gasteiger partial charge in [-0.2, -0.15) is 0 Å².